The molecule has 0 radical (unpaired) electrons. The van der Waals surface area contributed by atoms with Gasteiger partial charge >= 0.3 is 0 Å². The molecule has 102 valence electrons. The molecule has 1 aromatic rings. The maximum Gasteiger partial charge on any atom is 0.268 e. The number of rotatable bonds is 3. The van der Waals surface area contributed by atoms with Crippen molar-refractivity contribution < 1.29 is 10.0 Å². The molecule has 0 unspecified atom stereocenters. The first kappa shape index (κ1) is 13.8. The van der Waals surface area contributed by atoms with Crippen LogP contribution in [0.1, 0.15) is 5.56 Å². The average molecular weight is 282 g/mol. The van der Waals surface area contributed by atoms with Gasteiger partial charge in [0.2, 0.25) is 0 Å². The first-order valence-electron chi connectivity index (χ1n) is 6.12. The molecule has 1 fully saturated rings. The predicted molar refractivity (Wildman–Crippen MR) is 73.6 cm³/mol. The van der Waals surface area contributed by atoms with Crippen molar-refractivity contribution >= 4 is 23.7 Å². The Morgan fingerprint density at radius 3 is 2.47 bits per heavy atom. The van der Waals surface area contributed by atoms with E-state index >= 15 is 0 Å². The molecule has 0 atom stereocenters. The number of halogens is 1. The molecule has 5 nitrogen and oxygen atoms in total. The van der Waals surface area contributed by atoms with Crippen molar-refractivity contribution in [2.24, 2.45) is 5.16 Å². The Bertz CT molecular complexity index is 453. The lowest BCUT2D eigenvalue weighted by Crippen LogP contribution is -2.48. The molecule has 1 heterocycles. The zero-order chi connectivity index (χ0) is 13.7. The standard InChI is InChI=1S/C13H16ClN3O2/c14-12-3-1-11(2-4-12)10-16-5-7-17(8-6-16)13(18)9-15-19/h1-4,9,19H,5-8,10H2. The molecule has 1 amide bonds. The van der Waals surface area contributed by atoms with Gasteiger partial charge in [-0.2, -0.15) is 0 Å². The Balaban J connectivity index is 1.83. The highest BCUT2D eigenvalue weighted by molar-refractivity contribution is 6.30. The van der Waals surface area contributed by atoms with Crippen LogP contribution in [0.3, 0.4) is 0 Å². The third-order valence-electron chi connectivity index (χ3n) is 3.17. The lowest BCUT2D eigenvalue weighted by Gasteiger charge is -2.34. The SMILES string of the molecule is O=C(C=NO)N1CCN(Cc2ccc(Cl)cc2)CC1. The van der Waals surface area contributed by atoms with Gasteiger partial charge in [0.15, 0.2) is 0 Å². The summed E-state index contributed by atoms with van der Waals surface area (Å²) in [5, 5.41) is 11.8. The first-order valence-corrected chi connectivity index (χ1v) is 6.50. The average Bonchev–Trinajstić information content (AvgIpc) is 2.42. The number of oxime groups is 1. The van der Waals surface area contributed by atoms with Crippen molar-refractivity contribution in [2.75, 3.05) is 26.2 Å². The Morgan fingerprint density at radius 2 is 1.89 bits per heavy atom. The van der Waals surface area contributed by atoms with Crippen LogP contribution in [0.4, 0.5) is 0 Å². The van der Waals surface area contributed by atoms with Gasteiger partial charge in [-0.25, -0.2) is 0 Å². The van der Waals surface area contributed by atoms with E-state index in [1.165, 1.54) is 5.56 Å². The summed E-state index contributed by atoms with van der Waals surface area (Å²) in [5.41, 5.74) is 1.21. The Morgan fingerprint density at radius 1 is 1.26 bits per heavy atom. The minimum Gasteiger partial charge on any atom is -0.411 e. The van der Waals surface area contributed by atoms with Crippen molar-refractivity contribution in [3.8, 4) is 0 Å². The van der Waals surface area contributed by atoms with Gasteiger partial charge in [0.1, 0.15) is 6.21 Å². The molecular formula is C13H16ClN3O2. The van der Waals surface area contributed by atoms with E-state index in [1.54, 1.807) is 4.90 Å². The minimum absolute atomic E-state index is 0.242. The van der Waals surface area contributed by atoms with Crippen LogP contribution in [0, 0.1) is 0 Å². The molecule has 0 bridgehead atoms. The summed E-state index contributed by atoms with van der Waals surface area (Å²) in [4.78, 5) is 15.4. The maximum absolute atomic E-state index is 11.5. The van der Waals surface area contributed by atoms with E-state index in [-0.39, 0.29) is 5.91 Å². The Labute approximate surface area is 117 Å². The van der Waals surface area contributed by atoms with E-state index in [4.69, 9.17) is 16.8 Å². The lowest BCUT2D eigenvalue weighted by molar-refractivity contribution is -0.125. The van der Waals surface area contributed by atoms with Gasteiger partial charge < -0.3 is 10.1 Å². The summed E-state index contributed by atoms with van der Waals surface area (Å²) in [6, 6.07) is 7.79. The first-order chi connectivity index (χ1) is 9.19. The second-order valence-corrected chi connectivity index (χ2v) is 4.91. The largest absolute Gasteiger partial charge is 0.411 e. The fraction of sp³-hybridized carbons (Fsp3) is 0.385. The highest BCUT2D eigenvalue weighted by Gasteiger charge is 2.19. The normalized spacial score (nSPS) is 17.0. The fourth-order valence-corrected chi connectivity index (χ4v) is 2.23. The number of piperazine rings is 1. The molecule has 19 heavy (non-hydrogen) atoms. The second-order valence-electron chi connectivity index (χ2n) is 4.47. The maximum atomic E-state index is 11.5. The van der Waals surface area contributed by atoms with Crippen LogP contribution in [-0.2, 0) is 11.3 Å². The highest BCUT2D eigenvalue weighted by atomic mass is 35.5. The topological polar surface area (TPSA) is 56.1 Å². The van der Waals surface area contributed by atoms with E-state index in [1.807, 2.05) is 24.3 Å². The van der Waals surface area contributed by atoms with Gasteiger partial charge in [0.05, 0.1) is 0 Å². The molecule has 1 saturated heterocycles. The van der Waals surface area contributed by atoms with E-state index in [0.717, 1.165) is 30.9 Å². The Hall–Kier alpha value is -1.59. The number of hydrogen-bond donors (Lipinski definition) is 1. The third kappa shape index (κ3) is 3.94. The second kappa shape index (κ2) is 6.54. The van der Waals surface area contributed by atoms with Crippen LogP contribution in [0.15, 0.2) is 29.4 Å². The van der Waals surface area contributed by atoms with Gasteiger partial charge in [-0.15, -0.1) is 0 Å². The number of carbonyl (C=O) groups is 1. The summed E-state index contributed by atoms with van der Waals surface area (Å²) in [6.45, 7) is 3.78. The minimum atomic E-state index is -0.242. The number of nitrogens with zero attached hydrogens (tertiary/aromatic N) is 3. The molecule has 0 spiro atoms. The molecule has 0 aromatic heterocycles. The van der Waals surface area contributed by atoms with Gasteiger partial charge in [0.25, 0.3) is 5.91 Å². The lowest BCUT2D eigenvalue weighted by atomic mass is 10.2. The summed E-state index contributed by atoms with van der Waals surface area (Å²) in [5.74, 6) is -0.242. The molecule has 1 N–H and O–H groups in total. The molecule has 1 aromatic carbocycles. The molecule has 0 saturated carbocycles. The molecule has 2 rings (SSSR count). The Kier molecular flexibility index (Phi) is 4.76. The third-order valence-corrected chi connectivity index (χ3v) is 3.42. The molecule has 1 aliphatic heterocycles. The van der Waals surface area contributed by atoms with Gasteiger partial charge in [0, 0.05) is 37.7 Å². The summed E-state index contributed by atoms with van der Waals surface area (Å²) >= 11 is 5.85. The van der Waals surface area contributed by atoms with Crippen LogP contribution in [0.5, 0.6) is 0 Å². The van der Waals surface area contributed by atoms with E-state index in [2.05, 4.69) is 10.1 Å². The van der Waals surface area contributed by atoms with Gasteiger partial charge in [-0.3, -0.25) is 9.69 Å². The quantitative estimate of drug-likeness (QED) is 0.518. The van der Waals surface area contributed by atoms with Crippen LogP contribution in [0.2, 0.25) is 5.02 Å². The van der Waals surface area contributed by atoms with Crippen LogP contribution < -0.4 is 0 Å². The number of amides is 1. The van der Waals surface area contributed by atoms with Crippen molar-refractivity contribution in [2.45, 2.75) is 6.54 Å². The summed E-state index contributed by atoms with van der Waals surface area (Å²) in [6.07, 6.45) is 0.939. The van der Waals surface area contributed by atoms with E-state index in [0.29, 0.717) is 13.1 Å². The van der Waals surface area contributed by atoms with Crippen molar-refractivity contribution in [1.29, 1.82) is 0 Å². The van der Waals surface area contributed by atoms with Crippen molar-refractivity contribution in [3.05, 3.63) is 34.9 Å². The zero-order valence-corrected chi connectivity index (χ0v) is 11.3. The predicted octanol–water partition coefficient (Wildman–Crippen LogP) is 1.44. The highest BCUT2D eigenvalue weighted by Crippen LogP contribution is 2.12. The van der Waals surface area contributed by atoms with E-state index < -0.39 is 0 Å². The van der Waals surface area contributed by atoms with Crippen LogP contribution in [-0.4, -0.2) is 53.3 Å². The smallest absolute Gasteiger partial charge is 0.268 e. The monoisotopic (exact) mass is 281 g/mol. The van der Waals surface area contributed by atoms with E-state index in [9.17, 15) is 4.79 Å². The summed E-state index contributed by atoms with van der Waals surface area (Å²) < 4.78 is 0. The fourth-order valence-electron chi connectivity index (χ4n) is 2.11. The summed E-state index contributed by atoms with van der Waals surface area (Å²) in [7, 11) is 0. The van der Waals surface area contributed by atoms with Crippen LogP contribution >= 0.6 is 11.6 Å². The molecular weight excluding hydrogens is 266 g/mol. The number of carbonyl (C=O) groups excluding carboxylic acids is 1. The molecule has 6 heteroatoms. The molecule has 1 aliphatic rings. The van der Waals surface area contributed by atoms with Gasteiger partial charge in [-0.1, -0.05) is 28.9 Å². The number of benzene rings is 1. The van der Waals surface area contributed by atoms with Gasteiger partial charge in [-0.05, 0) is 17.7 Å². The van der Waals surface area contributed by atoms with Crippen LogP contribution in [0.25, 0.3) is 0 Å². The molecule has 0 aliphatic carbocycles. The van der Waals surface area contributed by atoms with Crippen molar-refractivity contribution in [3.63, 3.8) is 0 Å². The zero-order valence-electron chi connectivity index (χ0n) is 10.5. The van der Waals surface area contributed by atoms with Crippen molar-refractivity contribution in [1.82, 2.24) is 9.80 Å². The number of hydrogen-bond acceptors (Lipinski definition) is 4.